The minimum Gasteiger partial charge on any atom is -0.496 e. The van der Waals surface area contributed by atoms with Crippen LogP contribution in [0, 0.1) is 0 Å². The van der Waals surface area contributed by atoms with Gasteiger partial charge in [-0.15, -0.1) is 0 Å². The Labute approximate surface area is 108 Å². The van der Waals surface area contributed by atoms with Crippen molar-refractivity contribution in [1.82, 2.24) is 0 Å². The lowest BCUT2D eigenvalue weighted by atomic mass is 9.91. The molecule has 0 saturated heterocycles. The maximum atomic E-state index is 6.18. The first kappa shape index (κ1) is 12.7. The highest BCUT2D eigenvalue weighted by atomic mass is 16.5. The second-order valence-electron chi connectivity index (χ2n) is 4.92. The topological polar surface area (TPSA) is 44.5 Å². The molecule has 0 aliphatic heterocycles. The molecule has 2 aromatic carbocycles. The SMILES string of the molecule is COc1cccc2c(OC)c(C(C)(C)N)ccc12. The van der Waals surface area contributed by atoms with Crippen LogP contribution in [-0.4, -0.2) is 14.2 Å². The monoisotopic (exact) mass is 245 g/mol. The van der Waals surface area contributed by atoms with E-state index in [2.05, 4.69) is 0 Å². The summed E-state index contributed by atoms with van der Waals surface area (Å²) in [5, 5.41) is 2.05. The Bertz CT molecular complexity index is 570. The van der Waals surface area contributed by atoms with E-state index in [0.29, 0.717) is 0 Å². The number of ether oxygens (including phenoxy) is 2. The van der Waals surface area contributed by atoms with Crippen LogP contribution in [-0.2, 0) is 5.54 Å². The van der Waals surface area contributed by atoms with Crippen LogP contribution in [0.5, 0.6) is 11.5 Å². The molecule has 3 heteroatoms. The van der Waals surface area contributed by atoms with E-state index in [1.165, 1.54) is 0 Å². The minimum atomic E-state index is -0.442. The van der Waals surface area contributed by atoms with Crippen LogP contribution in [0.3, 0.4) is 0 Å². The van der Waals surface area contributed by atoms with E-state index in [9.17, 15) is 0 Å². The number of benzene rings is 2. The summed E-state index contributed by atoms with van der Waals surface area (Å²) in [6.45, 7) is 3.94. The average Bonchev–Trinajstić information content (AvgIpc) is 2.35. The zero-order valence-electron chi connectivity index (χ0n) is 11.3. The smallest absolute Gasteiger partial charge is 0.131 e. The number of hydrogen-bond acceptors (Lipinski definition) is 3. The van der Waals surface area contributed by atoms with Gasteiger partial charge in [-0.2, -0.15) is 0 Å². The molecule has 0 unspecified atom stereocenters. The predicted molar refractivity (Wildman–Crippen MR) is 74.3 cm³/mol. The Hall–Kier alpha value is -1.74. The summed E-state index contributed by atoms with van der Waals surface area (Å²) in [4.78, 5) is 0. The molecular weight excluding hydrogens is 226 g/mol. The van der Waals surface area contributed by atoms with Gasteiger partial charge in [0.25, 0.3) is 0 Å². The lowest BCUT2D eigenvalue weighted by molar-refractivity contribution is 0.398. The standard InChI is InChI=1S/C15H19NO2/c1-15(2,16)12-9-8-10-11(14(12)18-4)6-5-7-13(10)17-3/h5-9H,16H2,1-4H3. The summed E-state index contributed by atoms with van der Waals surface area (Å²) in [6, 6.07) is 9.95. The molecule has 0 radical (unpaired) electrons. The van der Waals surface area contributed by atoms with Crippen LogP contribution >= 0.6 is 0 Å². The molecule has 2 N–H and O–H groups in total. The maximum absolute atomic E-state index is 6.18. The molecule has 0 aliphatic rings. The van der Waals surface area contributed by atoms with Gasteiger partial charge in [0.2, 0.25) is 0 Å². The Kier molecular flexibility index (Phi) is 3.18. The van der Waals surface area contributed by atoms with Gasteiger partial charge in [-0.1, -0.05) is 24.3 Å². The van der Waals surface area contributed by atoms with Crippen molar-refractivity contribution >= 4 is 10.8 Å². The number of methoxy groups -OCH3 is 2. The molecule has 0 bridgehead atoms. The largest absolute Gasteiger partial charge is 0.496 e. The van der Waals surface area contributed by atoms with Gasteiger partial charge in [-0.05, 0) is 19.9 Å². The molecule has 0 aromatic heterocycles. The van der Waals surface area contributed by atoms with E-state index in [4.69, 9.17) is 15.2 Å². The summed E-state index contributed by atoms with van der Waals surface area (Å²) in [5.41, 5.74) is 6.73. The van der Waals surface area contributed by atoms with E-state index >= 15 is 0 Å². The maximum Gasteiger partial charge on any atom is 0.131 e. The second-order valence-corrected chi connectivity index (χ2v) is 4.92. The zero-order valence-corrected chi connectivity index (χ0v) is 11.3. The van der Waals surface area contributed by atoms with Crippen LogP contribution < -0.4 is 15.2 Å². The molecule has 0 heterocycles. The van der Waals surface area contributed by atoms with Crippen LogP contribution in [0.15, 0.2) is 30.3 Å². The van der Waals surface area contributed by atoms with Crippen molar-refractivity contribution in [3.05, 3.63) is 35.9 Å². The van der Waals surface area contributed by atoms with E-state index in [-0.39, 0.29) is 0 Å². The van der Waals surface area contributed by atoms with Crippen molar-refractivity contribution < 1.29 is 9.47 Å². The molecule has 0 fully saturated rings. The lowest BCUT2D eigenvalue weighted by Gasteiger charge is -2.23. The fourth-order valence-corrected chi connectivity index (χ4v) is 2.21. The van der Waals surface area contributed by atoms with Crippen molar-refractivity contribution in [1.29, 1.82) is 0 Å². The molecule has 0 aliphatic carbocycles. The number of hydrogen-bond donors (Lipinski definition) is 1. The van der Waals surface area contributed by atoms with Crippen LogP contribution in [0.4, 0.5) is 0 Å². The Morgan fingerprint density at radius 2 is 1.67 bits per heavy atom. The van der Waals surface area contributed by atoms with Gasteiger partial charge in [-0.3, -0.25) is 0 Å². The predicted octanol–water partition coefficient (Wildman–Crippen LogP) is 3.05. The number of fused-ring (bicyclic) bond motifs is 1. The molecule has 0 atom stereocenters. The normalized spacial score (nSPS) is 11.6. The van der Waals surface area contributed by atoms with Gasteiger partial charge >= 0.3 is 0 Å². The highest BCUT2D eigenvalue weighted by Gasteiger charge is 2.21. The highest BCUT2D eigenvalue weighted by molar-refractivity contribution is 5.94. The zero-order chi connectivity index (χ0) is 13.3. The van der Waals surface area contributed by atoms with Gasteiger partial charge in [0.1, 0.15) is 11.5 Å². The molecule has 0 spiro atoms. The van der Waals surface area contributed by atoms with Crippen LogP contribution in [0.1, 0.15) is 19.4 Å². The third-order valence-corrected chi connectivity index (χ3v) is 3.09. The first-order valence-electron chi connectivity index (χ1n) is 5.92. The van der Waals surface area contributed by atoms with E-state index in [1.54, 1.807) is 14.2 Å². The molecule has 2 rings (SSSR count). The number of rotatable bonds is 3. The van der Waals surface area contributed by atoms with Crippen molar-refractivity contribution in [3.8, 4) is 11.5 Å². The van der Waals surface area contributed by atoms with Gasteiger partial charge < -0.3 is 15.2 Å². The van der Waals surface area contributed by atoms with E-state index in [1.807, 2.05) is 44.2 Å². The molecule has 3 nitrogen and oxygen atoms in total. The van der Waals surface area contributed by atoms with Gasteiger partial charge in [0.15, 0.2) is 0 Å². The first-order chi connectivity index (χ1) is 8.49. The summed E-state index contributed by atoms with van der Waals surface area (Å²) < 4.78 is 10.9. The fourth-order valence-electron chi connectivity index (χ4n) is 2.21. The fraction of sp³-hybridized carbons (Fsp3) is 0.333. The Balaban J connectivity index is 2.81. The Morgan fingerprint density at radius 3 is 2.22 bits per heavy atom. The summed E-state index contributed by atoms with van der Waals surface area (Å²) in [7, 11) is 3.34. The highest BCUT2D eigenvalue weighted by Crippen LogP contribution is 2.38. The summed E-state index contributed by atoms with van der Waals surface area (Å²) in [5.74, 6) is 1.66. The third-order valence-electron chi connectivity index (χ3n) is 3.09. The Morgan fingerprint density at radius 1 is 0.944 bits per heavy atom. The van der Waals surface area contributed by atoms with Crippen molar-refractivity contribution in [2.45, 2.75) is 19.4 Å². The first-order valence-corrected chi connectivity index (χ1v) is 5.92. The van der Waals surface area contributed by atoms with Gasteiger partial charge in [0.05, 0.1) is 14.2 Å². The molecular formula is C15H19NO2. The van der Waals surface area contributed by atoms with Crippen molar-refractivity contribution in [2.75, 3.05) is 14.2 Å². The molecule has 0 amide bonds. The second kappa shape index (κ2) is 4.50. The van der Waals surface area contributed by atoms with Crippen LogP contribution in [0.2, 0.25) is 0 Å². The lowest BCUT2D eigenvalue weighted by Crippen LogP contribution is -2.29. The third kappa shape index (κ3) is 2.02. The average molecular weight is 245 g/mol. The van der Waals surface area contributed by atoms with Crippen LogP contribution in [0.25, 0.3) is 10.8 Å². The molecule has 18 heavy (non-hydrogen) atoms. The molecule has 0 saturated carbocycles. The van der Waals surface area contributed by atoms with E-state index < -0.39 is 5.54 Å². The minimum absolute atomic E-state index is 0.442. The van der Waals surface area contributed by atoms with E-state index in [0.717, 1.165) is 27.8 Å². The van der Waals surface area contributed by atoms with Gasteiger partial charge in [-0.25, -0.2) is 0 Å². The number of nitrogens with two attached hydrogens (primary N) is 1. The van der Waals surface area contributed by atoms with Crippen molar-refractivity contribution in [3.63, 3.8) is 0 Å². The summed E-state index contributed by atoms with van der Waals surface area (Å²) in [6.07, 6.45) is 0. The summed E-state index contributed by atoms with van der Waals surface area (Å²) >= 11 is 0. The molecule has 2 aromatic rings. The quantitative estimate of drug-likeness (QED) is 0.904. The van der Waals surface area contributed by atoms with Crippen molar-refractivity contribution in [2.24, 2.45) is 5.73 Å². The molecule has 96 valence electrons. The van der Waals surface area contributed by atoms with Gasteiger partial charge in [0, 0.05) is 21.9 Å².